The topological polar surface area (TPSA) is 26.3 Å². The average Bonchev–Trinajstić information content (AvgIpc) is 2.58. The molecule has 0 aliphatic rings. The quantitative estimate of drug-likeness (QED) is 0.236. The minimum absolute atomic E-state index is 1.40. The number of hydrogen-bond donors (Lipinski definition) is 0. The number of hydrogen-bond acceptors (Lipinski definition) is 2. The van der Waals surface area contributed by atoms with Gasteiger partial charge in [0.1, 0.15) is 0 Å². The zero-order valence-corrected chi connectivity index (χ0v) is 14.6. The van der Waals surface area contributed by atoms with E-state index in [9.17, 15) is 101 Å². The lowest BCUT2D eigenvalue weighted by molar-refractivity contribution is -0.479. The molecule has 0 saturated carbocycles. The number of esters is 1. The first-order valence-electron chi connectivity index (χ1n) is 7.02. The minimum Gasteiger partial charge on any atom is -0.389 e. The van der Waals surface area contributed by atoms with Crippen molar-refractivity contribution in [1.29, 1.82) is 0 Å². The van der Waals surface area contributed by atoms with Gasteiger partial charge in [0.15, 0.2) is 0 Å². The molecule has 0 atom stereocenters. The molecule has 0 bridgehead atoms. The van der Waals surface area contributed by atoms with E-state index >= 15 is 0 Å². The summed E-state index contributed by atoms with van der Waals surface area (Å²) in [4.78, 5) is 10.0. The van der Waals surface area contributed by atoms with Gasteiger partial charge in [0.05, 0.1) is 0 Å². The molecular formula is C11F22O2. The molecule has 0 aromatic heterocycles. The molecule has 210 valence electrons. The van der Waals surface area contributed by atoms with E-state index in [1.807, 2.05) is 0 Å². The van der Waals surface area contributed by atoms with Gasteiger partial charge in [-0.2, -0.15) is 96.6 Å². The second kappa shape index (κ2) is 7.96. The van der Waals surface area contributed by atoms with Crippen molar-refractivity contribution in [3.8, 4) is 0 Å². The highest BCUT2D eigenvalue weighted by Crippen LogP contribution is 2.65. The van der Waals surface area contributed by atoms with Crippen molar-refractivity contribution in [2.75, 3.05) is 0 Å². The van der Waals surface area contributed by atoms with Crippen LogP contribution in [0.2, 0.25) is 0 Å². The maximum Gasteiger partial charge on any atom is 0.491 e. The van der Waals surface area contributed by atoms with Crippen molar-refractivity contribution in [3.63, 3.8) is 0 Å². The lowest BCUT2D eigenvalue weighted by Gasteiger charge is -2.43. The SMILES string of the molecule is O=C(OC(F)(F)C(F)(F)C(F)(F)C(F)(F)C(F)(F)C(F)(F)C(F)(F)C(F)(F)C(F)(F)F)C(F)(F)F. The largest absolute Gasteiger partial charge is 0.491 e. The van der Waals surface area contributed by atoms with Crippen molar-refractivity contribution < 1.29 is 106 Å². The molecular weight excluding hydrogens is 582 g/mol. The predicted molar refractivity (Wildman–Crippen MR) is 57.8 cm³/mol. The zero-order valence-electron chi connectivity index (χ0n) is 14.6. The van der Waals surface area contributed by atoms with Crippen LogP contribution in [-0.4, -0.2) is 65.9 Å². The Morgan fingerprint density at radius 3 is 0.829 bits per heavy atom. The van der Waals surface area contributed by atoms with E-state index in [0.29, 0.717) is 0 Å². The second-order valence-electron chi connectivity index (χ2n) is 5.92. The maximum atomic E-state index is 13.3. The molecule has 24 heteroatoms. The van der Waals surface area contributed by atoms with Crippen LogP contribution in [0.3, 0.4) is 0 Å². The van der Waals surface area contributed by atoms with E-state index in [2.05, 4.69) is 0 Å². The van der Waals surface area contributed by atoms with Gasteiger partial charge >= 0.3 is 65.9 Å². The maximum absolute atomic E-state index is 13.3. The molecule has 0 rings (SSSR count). The Labute approximate surface area is 173 Å². The molecule has 0 amide bonds. The number of halogens is 22. The molecule has 0 spiro atoms. The van der Waals surface area contributed by atoms with Gasteiger partial charge in [0.2, 0.25) is 0 Å². The molecule has 2 nitrogen and oxygen atoms in total. The van der Waals surface area contributed by atoms with Crippen molar-refractivity contribution in [3.05, 3.63) is 0 Å². The van der Waals surface area contributed by atoms with Crippen molar-refractivity contribution >= 4 is 5.97 Å². The molecule has 0 aliphatic carbocycles. The van der Waals surface area contributed by atoms with Crippen LogP contribution in [0.15, 0.2) is 0 Å². The Morgan fingerprint density at radius 1 is 0.371 bits per heavy atom. The molecule has 0 heterocycles. The second-order valence-corrected chi connectivity index (χ2v) is 5.92. The summed E-state index contributed by atoms with van der Waals surface area (Å²) in [6.07, 6.45) is -22.9. The Balaban J connectivity index is 6.88. The number of carbonyl (C=O) groups excluding carboxylic acids is 1. The molecule has 35 heavy (non-hydrogen) atoms. The van der Waals surface area contributed by atoms with Crippen molar-refractivity contribution in [2.24, 2.45) is 0 Å². The van der Waals surface area contributed by atoms with Crippen LogP contribution < -0.4 is 0 Å². The van der Waals surface area contributed by atoms with Crippen LogP contribution in [0.1, 0.15) is 0 Å². The standard InChI is InChI=1S/C11F22O2/c12-2(13,14)1(34)35-11(32,33)9(27,28)7(23,24)5(19,20)3(15,16)4(17,18)6(21,22)8(25,26)10(29,30)31. The van der Waals surface area contributed by atoms with Gasteiger partial charge in [-0.25, -0.2) is 4.79 Å². The highest BCUT2D eigenvalue weighted by atomic mass is 19.4. The van der Waals surface area contributed by atoms with E-state index in [1.165, 1.54) is 4.74 Å². The van der Waals surface area contributed by atoms with Crippen LogP contribution in [-0.2, 0) is 9.53 Å². The van der Waals surface area contributed by atoms with Crippen LogP contribution in [0, 0.1) is 0 Å². The Morgan fingerprint density at radius 2 is 0.600 bits per heavy atom. The van der Waals surface area contributed by atoms with E-state index in [-0.39, 0.29) is 0 Å². The van der Waals surface area contributed by atoms with E-state index in [4.69, 9.17) is 0 Å². The fourth-order valence-corrected chi connectivity index (χ4v) is 1.59. The van der Waals surface area contributed by atoms with Gasteiger partial charge in [-0.05, 0) is 0 Å². The fourth-order valence-electron chi connectivity index (χ4n) is 1.59. The summed E-state index contributed by atoms with van der Waals surface area (Å²) in [7, 11) is 0. The van der Waals surface area contributed by atoms with Gasteiger partial charge < -0.3 is 4.74 Å². The number of alkyl halides is 22. The Kier molecular flexibility index (Phi) is 7.49. The van der Waals surface area contributed by atoms with Gasteiger partial charge in [0.25, 0.3) is 0 Å². The van der Waals surface area contributed by atoms with Gasteiger partial charge in [0, 0.05) is 0 Å². The monoisotopic (exact) mass is 582 g/mol. The van der Waals surface area contributed by atoms with Gasteiger partial charge in [-0.15, -0.1) is 0 Å². The van der Waals surface area contributed by atoms with E-state index < -0.39 is 65.9 Å². The summed E-state index contributed by atoms with van der Waals surface area (Å²) >= 11 is 0. The highest BCUT2D eigenvalue weighted by Gasteiger charge is 2.97. The lowest BCUT2D eigenvalue weighted by Crippen LogP contribution is -2.76. The first-order chi connectivity index (χ1) is 14.6. The van der Waals surface area contributed by atoms with Crippen molar-refractivity contribution in [2.45, 2.75) is 59.9 Å². The third-order valence-corrected chi connectivity index (χ3v) is 3.54. The lowest BCUT2D eigenvalue weighted by atomic mass is 9.88. The van der Waals surface area contributed by atoms with Crippen LogP contribution in [0.5, 0.6) is 0 Å². The van der Waals surface area contributed by atoms with Gasteiger partial charge in [-0.1, -0.05) is 0 Å². The van der Waals surface area contributed by atoms with Crippen LogP contribution >= 0.6 is 0 Å². The normalized spacial score (nSPS) is 16.4. The molecule has 0 aromatic carbocycles. The summed E-state index contributed by atoms with van der Waals surface area (Å²) in [6.45, 7) is 0. The molecule has 0 unspecified atom stereocenters. The molecule has 0 radical (unpaired) electrons. The molecule has 0 fully saturated rings. The highest BCUT2D eigenvalue weighted by molar-refractivity contribution is 5.76. The first-order valence-corrected chi connectivity index (χ1v) is 7.02. The van der Waals surface area contributed by atoms with E-state index in [1.54, 1.807) is 0 Å². The van der Waals surface area contributed by atoms with Crippen LogP contribution in [0.4, 0.5) is 96.6 Å². The third-order valence-electron chi connectivity index (χ3n) is 3.54. The molecule has 0 N–H and O–H groups in total. The Bertz CT molecular complexity index is 799. The molecule has 0 aliphatic heterocycles. The number of rotatable bonds is 8. The predicted octanol–water partition coefficient (Wildman–Crippen LogP) is 6.69. The summed E-state index contributed by atoms with van der Waals surface area (Å²) < 4.78 is 281. The molecule has 0 saturated heterocycles. The first kappa shape index (κ1) is 32.9. The van der Waals surface area contributed by atoms with Gasteiger partial charge in [-0.3, -0.25) is 0 Å². The number of carbonyl (C=O) groups is 1. The third kappa shape index (κ3) is 4.37. The summed E-state index contributed by atoms with van der Waals surface area (Å²) in [6, 6.07) is 0. The summed E-state index contributed by atoms with van der Waals surface area (Å²) in [5, 5.41) is 0. The zero-order chi connectivity index (χ0) is 29.3. The van der Waals surface area contributed by atoms with Crippen LogP contribution in [0.25, 0.3) is 0 Å². The summed E-state index contributed by atoms with van der Waals surface area (Å²) in [5.41, 5.74) is 0. The molecule has 0 aromatic rings. The summed E-state index contributed by atoms with van der Waals surface area (Å²) in [5.74, 6) is -67.4. The minimum atomic E-state index is -9.24. The smallest absolute Gasteiger partial charge is 0.389 e. The fraction of sp³-hybridized carbons (Fsp3) is 0.909. The van der Waals surface area contributed by atoms with Crippen molar-refractivity contribution in [1.82, 2.24) is 0 Å². The Hall–Kier alpha value is -2.07. The van der Waals surface area contributed by atoms with E-state index in [0.717, 1.165) is 0 Å². The average molecular weight is 582 g/mol. The number of ether oxygens (including phenoxy) is 1.